The molecule has 0 heterocycles. The van der Waals surface area contributed by atoms with Crippen LogP contribution in [0.15, 0.2) is 36.4 Å². The maximum atomic E-state index is 13.1. The molecule has 0 unspecified atom stereocenters. The van der Waals surface area contributed by atoms with E-state index in [4.69, 9.17) is 23.2 Å². The highest BCUT2D eigenvalue weighted by atomic mass is 35.5. The second-order valence-corrected chi connectivity index (χ2v) is 7.21. The maximum absolute atomic E-state index is 13.1. The Bertz CT molecular complexity index is 872. The Labute approximate surface area is 142 Å². The number of rotatable bonds is 4. The summed E-state index contributed by atoms with van der Waals surface area (Å²) in [6, 6.07) is 7.85. The number of hydrogen-bond acceptors (Lipinski definition) is 3. The van der Waals surface area contributed by atoms with Crippen LogP contribution in [-0.2, 0) is 10.0 Å². The minimum atomic E-state index is -3.48. The third kappa shape index (κ3) is 4.82. The lowest BCUT2D eigenvalue weighted by atomic mass is 10.2. The molecular weight excluding hydrogens is 366 g/mol. The molecule has 0 aliphatic heterocycles. The molecule has 0 atom stereocenters. The fourth-order valence-electron chi connectivity index (χ4n) is 1.72. The number of hydrogen-bond donors (Lipinski definition) is 2. The third-order valence-electron chi connectivity index (χ3n) is 2.70. The smallest absolute Gasteiger partial charge is 0.255 e. The second-order valence-electron chi connectivity index (χ2n) is 4.65. The molecule has 2 aromatic carbocycles. The van der Waals surface area contributed by atoms with Crippen molar-refractivity contribution in [1.82, 2.24) is 0 Å². The zero-order valence-electron chi connectivity index (χ0n) is 11.7. The van der Waals surface area contributed by atoms with E-state index in [1.165, 1.54) is 30.3 Å². The van der Waals surface area contributed by atoms with Crippen LogP contribution in [0.2, 0.25) is 10.0 Å². The first kappa shape index (κ1) is 17.5. The molecule has 122 valence electrons. The summed E-state index contributed by atoms with van der Waals surface area (Å²) in [6.45, 7) is 0. The lowest BCUT2D eigenvalue weighted by Gasteiger charge is -2.09. The highest BCUT2D eigenvalue weighted by molar-refractivity contribution is 7.92. The first-order valence-corrected chi connectivity index (χ1v) is 8.84. The topological polar surface area (TPSA) is 75.3 Å². The van der Waals surface area contributed by atoms with E-state index in [0.29, 0.717) is 5.69 Å². The van der Waals surface area contributed by atoms with E-state index in [1.54, 1.807) is 0 Å². The number of halogens is 3. The largest absolute Gasteiger partial charge is 0.322 e. The van der Waals surface area contributed by atoms with Crippen LogP contribution in [0.3, 0.4) is 0 Å². The molecule has 0 radical (unpaired) electrons. The van der Waals surface area contributed by atoms with E-state index in [0.717, 1.165) is 12.3 Å². The van der Waals surface area contributed by atoms with Crippen LogP contribution >= 0.6 is 23.2 Å². The molecule has 0 aromatic heterocycles. The van der Waals surface area contributed by atoms with Gasteiger partial charge in [-0.1, -0.05) is 23.2 Å². The molecule has 0 spiro atoms. The van der Waals surface area contributed by atoms with Crippen molar-refractivity contribution in [2.75, 3.05) is 16.3 Å². The van der Waals surface area contributed by atoms with E-state index in [2.05, 4.69) is 10.0 Å². The molecule has 9 heteroatoms. The molecule has 0 saturated carbocycles. The van der Waals surface area contributed by atoms with Gasteiger partial charge in [0.15, 0.2) is 0 Å². The van der Waals surface area contributed by atoms with Gasteiger partial charge in [0.1, 0.15) is 5.82 Å². The highest BCUT2D eigenvalue weighted by Crippen LogP contribution is 2.25. The van der Waals surface area contributed by atoms with Crippen LogP contribution in [0.5, 0.6) is 0 Å². The number of nitrogens with one attached hydrogen (secondary N) is 2. The van der Waals surface area contributed by atoms with Crippen molar-refractivity contribution in [3.8, 4) is 0 Å². The summed E-state index contributed by atoms with van der Waals surface area (Å²) in [5, 5.41) is 2.49. The van der Waals surface area contributed by atoms with Crippen molar-refractivity contribution in [3.05, 3.63) is 57.8 Å². The quantitative estimate of drug-likeness (QED) is 0.852. The Morgan fingerprint density at radius 3 is 2.35 bits per heavy atom. The van der Waals surface area contributed by atoms with E-state index in [1.807, 2.05) is 0 Å². The standard InChI is InChI=1S/C14H11Cl2FN2O3S/c1-23(21,22)19-13-5-2-8(6-11(13)16)14(20)18-9-3-4-12(17)10(15)7-9/h2-7,19H,1H3,(H,18,20). The number of carbonyl (C=O) groups excluding carboxylic acids is 1. The molecular formula is C14H11Cl2FN2O3S. The monoisotopic (exact) mass is 376 g/mol. The van der Waals surface area contributed by atoms with Gasteiger partial charge >= 0.3 is 0 Å². The Balaban J connectivity index is 2.19. The van der Waals surface area contributed by atoms with Crippen molar-refractivity contribution in [1.29, 1.82) is 0 Å². The van der Waals surface area contributed by atoms with E-state index in [9.17, 15) is 17.6 Å². The Kier molecular flexibility index (Phi) is 5.13. The third-order valence-corrected chi connectivity index (χ3v) is 3.90. The van der Waals surface area contributed by atoms with Crippen LogP contribution in [-0.4, -0.2) is 20.6 Å². The number of amides is 1. The fourth-order valence-corrected chi connectivity index (χ4v) is 2.76. The zero-order chi connectivity index (χ0) is 17.2. The molecule has 2 rings (SSSR count). The molecule has 23 heavy (non-hydrogen) atoms. The van der Waals surface area contributed by atoms with Gasteiger partial charge in [0.2, 0.25) is 10.0 Å². The molecule has 0 bridgehead atoms. The molecule has 2 aromatic rings. The Morgan fingerprint density at radius 2 is 1.78 bits per heavy atom. The van der Waals surface area contributed by atoms with E-state index < -0.39 is 21.7 Å². The predicted molar refractivity (Wildman–Crippen MR) is 89.3 cm³/mol. The fraction of sp³-hybridized carbons (Fsp3) is 0.0714. The van der Waals surface area contributed by atoms with Crippen LogP contribution < -0.4 is 10.0 Å². The van der Waals surface area contributed by atoms with E-state index >= 15 is 0 Å². The average Bonchev–Trinajstić information content (AvgIpc) is 2.43. The lowest BCUT2D eigenvalue weighted by Crippen LogP contribution is -2.13. The van der Waals surface area contributed by atoms with Crippen molar-refractivity contribution in [3.63, 3.8) is 0 Å². The molecule has 0 fully saturated rings. The van der Waals surface area contributed by atoms with Crippen LogP contribution in [0.1, 0.15) is 10.4 Å². The minimum absolute atomic E-state index is 0.0696. The van der Waals surface area contributed by atoms with Crippen LogP contribution in [0.4, 0.5) is 15.8 Å². The molecule has 0 aliphatic rings. The molecule has 1 amide bonds. The SMILES string of the molecule is CS(=O)(=O)Nc1ccc(C(=O)Nc2ccc(F)c(Cl)c2)cc1Cl. The summed E-state index contributed by atoms with van der Waals surface area (Å²) < 4.78 is 37.7. The second kappa shape index (κ2) is 6.74. The summed E-state index contributed by atoms with van der Waals surface area (Å²) >= 11 is 11.6. The number of benzene rings is 2. The van der Waals surface area contributed by atoms with Crippen molar-refractivity contribution in [2.45, 2.75) is 0 Å². The maximum Gasteiger partial charge on any atom is 0.255 e. The summed E-state index contributed by atoms with van der Waals surface area (Å²) in [4.78, 5) is 12.1. The molecule has 2 N–H and O–H groups in total. The minimum Gasteiger partial charge on any atom is -0.322 e. The van der Waals surface area contributed by atoms with Gasteiger partial charge in [-0.15, -0.1) is 0 Å². The Hall–Kier alpha value is -1.83. The first-order valence-electron chi connectivity index (χ1n) is 6.19. The number of anilines is 2. The van der Waals surface area contributed by atoms with Gasteiger partial charge in [0.05, 0.1) is 22.0 Å². The average molecular weight is 377 g/mol. The van der Waals surface area contributed by atoms with E-state index in [-0.39, 0.29) is 21.3 Å². The van der Waals surface area contributed by atoms with Crippen molar-refractivity contribution >= 4 is 50.5 Å². The first-order chi connectivity index (χ1) is 10.7. The van der Waals surface area contributed by atoms with Gasteiger partial charge in [-0.05, 0) is 36.4 Å². The van der Waals surface area contributed by atoms with Gasteiger partial charge < -0.3 is 5.32 Å². The molecule has 5 nitrogen and oxygen atoms in total. The summed E-state index contributed by atoms with van der Waals surface area (Å²) in [7, 11) is -3.48. The van der Waals surface area contributed by atoms with Gasteiger partial charge in [-0.3, -0.25) is 9.52 Å². The van der Waals surface area contributed by atoms with Gasteiger partial charge in [-0.2, -0.15) is 0 Å². The number of sulfonamides is 1. The summed E-state index contributed by atoms with van der Waals surface area (Å²) in [6.07, 6.45) is 0.988. The normalized spacial score (nSPS) is 11.1. The summed E-state index contributed by atoms with van der Waals surface area (Å²) in [5.74, 6) is -1.09. The van der Waals surface area contributed by atoms with Gasteiger partial charge in [-0.25, -0.2) is 12.8 Å². The lowest BCUT2D eigenvalue weighted by molar-refractivity contribution is 0.102. The van der Waals surface area contributed by atoms with Gasteiger partial charge in [0.25, 0.3) is 5.91 Å². The van der Waals surface area contributed by atoms with Crippen molar-refractivity contribution in [2.24, 2.45) is 0 Å². The van der Waals surface area contributed by atoms with Crippen molar-refractivity contribution < 1.29 is 17.6 Å². The van der Waals surface area contributed by atoms with Gasteiger partial charge in [0, 0.05) is 11.3 Å². The van der Waals surface area contributed by atoms with Crippen LogP contribution in [0, 0.1) is 5.82 Å². The molecule has 0 saturated heterocycles. The summed E-state index contributed by atoms with van der Waals surface area (Å²) in [5.41, 5.74) is 0.681. The highest BCUT2D eigenvalue weighted by Gasteiger charge is 2.12. The molecule has 0 aliphatic carbocycles. The predicted octanol–water partition coefficient (Wildman–Crippen LogP) is 3.76. The van der Waals surface area contributed by atoms with Crippen LogP contribution in [0.25, 0.3) is 0 Å². The zero-order valence-corrected chi connectivity index (χ0v) is 14.1. The Morgan fingerprint density at radius 1 is 1.09 bits per heavy atom. The number of carbonyl (C=O) groups is 1.